The van der Waals surface area contributed by atoms with E-state index in [2.05, 4.69) is 37.8 Å². The Morgan fingerprint density at radius 3 is 3.00 bits per heavy atom. The van der Waals surface area contributed by atoms with Gasteiger partial charge in [0.1, 0.15) is 0 Å². The molecule has 2 aliphatic rings. The highest BCUT2D eigenvalue weighted by Crippen LogP contribution is 2.61. The first-order valence-electron chi connectivity index (χ1n) is 7.15. The number of hydrogen-bond donors (Lipinski definition) is 1. The van der Waals surface area contributed by atoms with Crippen LogP contribution >= 0.6 is 0 Å². The Morgan fingerprint density at radius 2 is 2.22 bits per heavy atom. The summed E-state index contributed by atoms with van der Waals surface area (Å²) in [6.45, 7) is 6.14. The molecule has 1 fully saturated rings. The summed E-state index contributed by atoms with van der Waals surface area (Å²) in [6, 6.07) is 8.77. The maximum atomic E-state index is 10.4. The third-order valence-electron chi connectivity index (χ3n) is 4.83. The molecule has 0 bridgehead atoms. The molecule has 1 heteroatoms. The van der Waals surface area contributed by atoms with Crippen LogP contribution in [-0.4, -0.2) is 11.2 Å². The van der Waals surface area contributed by atoms with Crippen molar-refractivity contribution in [1.82, 2.24) is 0 Å². The first kappa shape index (κ1) is 12.0. The number of aliphatic hydroxyl groups is 1. The van der Waals surface area contributed by atoms with Crippen LogP contribution in [0.3, 0.4) is 0 Å². The summed E-state index contributed by atoms with van der Waals surface area (Å²) >= 11 is 0. The van der Waals surface area contributed by atoms with E-state index < -0.39 is 0 Å². The molecule has 0 spiro atoms. The molecule has 0 radical (unpaired) electrons. The second kappa shape index (κ2) is 4.55. The van der Waals surface area contributed by atoms with Crippen LogP contribution in [0.5, 0.6) is 0 Å². The van der Waals surface area contributed by atoms with Gasteiger partial charge in [-0.2, -0.15) is 0 Å². The molecule has 3 rings (SSSR count). The molecule has 18 heavy (non-hydrogen) atoms. The molecule has 0 aromatic heterocycles. The summed E-state index contributed by atoms with van der Waals surface area (Å²) in [5.74, 6) is 1.83. The van der Waals surface area contributed by atoms with Gasteiger partial charge < -0.3 is 5.11 Å². The third-order valence-corrected chi connectivity index (χ3v) is 4.83. The van der Waals surface area contributed by atoms with Gasteiger partial charge in [-0.25, -0.2) is 0 Å². The first-order valence-corrected chi connectivity index (χ1v) is 7.15. The number of aryl methyl sites for hydroxylation is 1. The maximum absolute atomic E-state index is 10.4. The summed E-state index contributed by atoms with van der Waals surface area (Å²) in [5, 5.41) is 10.4. The van der Waals surface area contributed by atoms with Gasteiger partial charge in [-0.1, -0.05) is 43.3 Å². The van der Waals surface area contributed by atoms with Gasteiger partial charge in [0.25, 0.3) is 0 Å². The normalized spacial score (nSPS) is 30.2. The highest BCUT2D eigenvalue weighted by atomic mass is 16.3. The van der Waals surface area contributed by atoms with Gasteiger partial charge in [0, 0.05) is 0 Å². The zero-order valence-corrected chi connectivity index (χ0v) is 11.1. The predicted molar refractivity (Wildman–Crippen MR) is 74.5 cm³/mol. The van der Waals surface area contributed by atoms with Crippen LogP contribution in [0.4, 0.5) is 0 Å². The van der Waals surface area contributed by atoms with E-state index in [4.69, 9.17) is 0 Å². The molecule has 0 amide bonds. The van der Waals surface area contributed by atoms with Gasteiger partial charge in [0.05, 0.1) is 6.10 Å². The molecular formula is C17H22O. The van der Waals surface area contributed by atoms with Crippen LogP contribution in [-0.2, 0) is 6.42 Å². The minimum absolute atomic E-state index is 0.182. The predicted octanol–water partition coefficient (Wildman–Crippen LogP) is 3.68. The summed E-state index contributed by atoms with van der Waals surface area (Å²) < 4.78 is 0. The smallest absolute Gasteiger partial charge is 0.0614 e. The molecule has 1 aromatic rings. The Balaban J connectivity index is 1.74. The highest BCUT2D eigenvalue weighted by Gasteiger charge is 2.55. The van der Waals surface area contributed by atoms with Crippen molar-refractivity contribution in [3.05, 3.63) is 47.5 Å². The lowest BCUT2D eigenvalue weighted by atomic mass is 9.92. The quantitative estimate of drug-likeness (QED) is 0.799. The Kier molecular flexibility index (Phi) is 3.03. The van der Waals surface area contributed by atoms with Crippen molar-refractivity contribution in [2.75, 3.05) is 0 Å². The second-order valence-corrected chi connectivity index (χ2v) is 5.88. The average Bonchev–Trinajstić information content (AvgIpc) is 3.13. The third kappa shape index (κ3) is 1.91. The fourth-order valence-corrected chi connectivity index (χ4v) is 3.72. The molecule has 1 saturated carbocycles. The zero-order valence-electron chi connectivity index (χ0n) is 11.1. The molecule has 0 heterocycles. The summed E-state index contributed by atoms with van der Waals surface area (Å²) in [6.07, 6.45) is 4.03. The van der Waals surface area contributed by atoms with Crippen molar-refractivity contribution >= 4 is 0 Å². The number of rotatable bonds is 4. The monoisotopic (exact) mass is 242 g/mol. The van der Waals surface area contributed by atoms with Crippen LogP contribution < -0.4 is 0 Å². The minimum Gasteiger partial charge on any atom is -0.392 e. The SMILES string of the molecule is C=C(CC)CC(O)C1C2CCc3ccccc3C21. The van der Waals surface area contributed by atoms with Crippen molar-refractivity contribution in [1.29, 1.82) is 0 Å². The Hall–Kier alpha value is -1.08. The topological polar surface area (TPSA) is 20.2 Å². The Morgan fingerprint density at radius 1 is 1.44 bits per heavy atom. The van der Waals surface area contributed by atoms with Gasteiger partial charge >= 0.3 is 0 Å². The van der Waals surface area contributed by atoms with E-state index in [1.807, 2.05) is 0 Å². The lowest BCUT2D eigenvalue weighted by Crippen LogP contribution is -2.12. The molecule has 1 N–H and O–H groups in total. The molecule has 0 aliphatic heterocycles. The van der Waals surface area contributed by atoms with E-state index in [0.29, 0.717) is 11.8 Å². The van der Waals surface area contributed by atoms with Gasteiger partial charge in [-0.15, -0.1) is 0 Å². The lowest BCUT2D eigenvalue weighted by molar-refractivity contribution is 0.142. The van der Waals surface area contributed by atoms with Gasteiger partial charge in [-0.3, -0.25) is 0 Å². The van der Waals surface area contributed by atoms with Crippen LogP contribution in [0.15, 0.2) is 36.4 Å². The van der Waals surface area contributed by atoms with Crippen LogP contribution in [0, 0.1) is 11.8 Å². The van der Waals surface area contributed by atoms with E-state index in [-0.39, 0.29) is 6.10 Å². The van der Waals surface area contributed by atoms with Crippen LogP contribution in [0.25, 0.3) is 0 Å². The van der Waals surface area contributed by atoms with Gasteiger partial charge in [0.2, 0.25) is 0 Å². The van der Waals surface area contributed by atoms with Gasteiger partial charge in [-0.05, 0) is 54.6 Å². The standard InChI is InChI=1S/C17H22O/c1-3-11(2)10-15(18)17-14-9-8-12-6-4-5-7-13(12)16(14)17/h4-7,14-18H,2-3,8-10H2,1H3. The number of benzene rings is 1. The van der Waals surface area contributed by atoms with E-state index >= 15 is 0 Å². The Labute approximate surface area is 110 Å². The first-order chi connectivity index (χ1) is 8.72. The molecule has 0 saturated heterocycles. The van der Waals surface area contributed by atoms with E-state index in [0.717, 1.165) is 18.8 Å². The molecule has 96 valence electrons. The zero-order chi connectivity index (χ0) is 12.7. The highest BCUT2D eigenvalue weighted by molar-refractivity contribution is 5.39. The largest absolute Gasteiger partial charge is 0.392 e. The van der Waals surface area contributed by atoms with Crippen molar-refractivity contribution < 1.29 is 5.11 Å². The fourth-order valence-electron chi connectivity index (χ4n) is 3.72. The Bertz CT molecular complexity index is 462. The average molecular weight is 242 g/mol. The van der Waals surface area contributed by atoms with Gasteiger partial charge in [0.15, 0.2) is 0 Å². The van der Waals surface area contributed by atoms with E-state index in [1.165, 1.54) is 29.5 Å². The number of aliphatic hydroxyl groups excluding tert-OH is 1. The van der Waals surface area contributed by atoms with E-state index in [9.17, 15) is 5.11 Å². The molecular weight excluding hydrogens is 220 g/mol. The molecule has 2 aliphatic carbocycles. The van der Waals surface area contributed by atoms with Crippen LogP contribution in [0.2, 0.25) is 0 Å². The fraction of sp³-hybridized carbons (Fsp3) is 0.529. The number of hydrogen-bond acceptors (Lipinski definition) is 1. The number of fused-ring (bicyclic) bond motifs is 3. The van der Waals surface area contributed by atoms with Crippen molar-refractivity contribution in [3.8, 4) is 0 Å². The van der Waals surface area contributed by atoms with Crippen molar-refractivity contribution in [2.45, 2.75) is 44.6 Å². The molecule has 4 atom stereocenters. The molecule has 4 unspecified atom stereocenters. The summed E-state index contributed by atoms with van der Waals surface area (Å²) in [7, 11) is 0. The minimum atomic E-state index is -0.182. The summed E-state index contributed by atoms with van der Waals surface area (Å²) in [5.41, 5.74) is 4.18. The maximum Gasteiger partial charge on any atom is 0.0614 e. The van der Waals surface area contributed by atoms with Crippen molar-refractivity contribution in [2.24, 2.45) is 11.8 Å². The van der Waals surface area contributed by atoms with Crippen molar-refractivity contribution in [3.63, 3.8) is 0 Å². The molecule has 1 nitrogen and oxygen atoms in total. The lowest BCUT2D eigenvalue weighted by Gasteiger charge is -2.13. The summed E-state index contributed by atoms with van der Waals surface area (Å²) in [4.78, 5) is 0. The van der Waals surface area contributed by atoms with Crippen LogP contribution in [0.1, 0.15) is 43.2 Å². The second-order valence-electron chi connectivity index (χ2n) is 5.88. The molecule has 1 aromatic carbocycles. The van der Waals surface area contributed by atoms with E-state index in [1.54, 1.807) is 0 Å².